The van der Waals surface area contributed by atoms with Gasteiger partial charge in [0.25, 0.3) is 0 Å². The maximum atomic E-state index is 12.5. The van der Waals surface area contributed by atoms with Crippen molar-refractivity contribution in [3.05, 3.63) is 36.5 Å². The smallest absolute Gasteiger partial charge is 0.306 e. The van der Waals surface area contributed by atoms with Crippen LogP contribution < -0.4 is 0 Å². The van der Waals surface area contributed by atoms with Crippen LogP contribution in [-0.4, -0.2) is 23.1 Å². The Morgan fingerprint density at radius 1 is 0.511 bits per heavy atom. The van der Waals surface area contributed by atoms with Crippen molar-refractivity contribution >= 4 is 11.9 Å². The molecule has 4 heteroatoms. The van der Waals surface area contributed by atoms with E-state index in [1.807, 2.05) is 0 Å². The van der Waals surface area contributed by atoms with Gasteiger partial charge in [-0.05, 0) is 76.7 Å². The highest BCUT2D eigenvalue weighted by Crippen LogP contribution is 2.16. The molecular weight excluding hydrogens is 556 g/mol. The van der Waals surface area contributed by atoms with Crippen LogP contribution in [0.2, 0.25) is 0 Å². The number of hydrogen-bond acceptors (Lipinski definition) is 3. The third-order valence-corrected chi connectivity index (χ3v) is 8.57. The monoisotopic (exact) mass is 631 g/mol. The second-order valence-electron chi connectivity index (χ2n) is 13.1. The van der Waals surface area contributed by atoms with Crippen LogP contribution in [0.3, 0.4) is 0 Å². The first-order chi connectivity index (χ1) is 22.1. The van der Waals surface area contributed by atoms with Crippen LogP contribution in [0.15, 0.2) is 36.5 Å². The number of carboxylic acid groups (broad SMARTS) is 1. The molecule has 0 radical (unpaired) electrons. The minimum Gasteiger partial charge on any atom is -0.481 e. The van der Waals surface area contributed by atoms with Crippen LogP contribution in [0.25, 0.3) is 0 Å². The fourth-order valence-electron chi connectivity index (χ4n) is 5.65. The number of carbonyl (C=O) groups excluding carboxylic acids is 1. The number of esters is 1. The van der Waals surface area contributed by atoms with Gasteiger partial charge in [0.1, 0.15) is 6.10 Å². The van der Waals surface area contributed by atoms with Gasteiger partial charge in [-0.2, -0.15) is 0 Å². The molecule has 45 heavy (non-hydrogen) atoms. The van der Waals surface area contributed by atoms with Crippen molar-refractivity contribution in [1.29, 1.82) is 0 Å². The molecule has 0 aliphatic heterocycles. The van der Waals surface area contributed by atoms with Crippen molar-refractivity contribution < 1.29 is 19.4 Å². The van der Waals surface area contributed by atoms with Gasteiger partial charge < -0.3 is 9.84 Å². The minimum absolute atomic E-state index is 0.0682. The lowest BCUT2D eigenvalue weighted by Gasteiger charge is -2.15. The second kappa shape index (κ2) is 36.6. The molecular formula is C41H74O4. The van der Waals surface area contributed by atoms with Gasteiger partial charge in [-0.15, -0.1) is 0 Å². The van der Waals surface area contributed by atoms with E-state index >= 15 is 0 Å². The number of rotatable bonds is 35. The van der Waals surface area contributed by atoms with Crippen molar-refractivity contribution in [2.45, 2.75) is 213 Å². The van der Waals surface area contributed by atoms with Gasteiger partial charge in [-0.3, -0.25) is 9.59 Å². The standard InChI is InChI=1S/C41H74O4/c1-3-5-7-9-11-12-13-14-15-16-17-18-19-20-21-22-23-24-26-28-34-38-41(44)45-39(35-31-27-25-10-8-6-4-2)36-32-29-30-33-37-40(42)43/h13-14,16-17,31,35,39H,3-12,15,18-30,32-34,36-38H2,1-2H3,(H,42,43)/b14-13-,17-16-,35-31-. The topological polar surface area (TPSA) is 63.6 Å². The molecule has 0 aliphatic carbocycles. The maximum absolute atomic E-state index is 12.5. The van der Waals surface area contributed by atoms with Gasteiger partial charge in [0.15, 0.2) is 0 Å². The summed E-state index contributed by atoms with van der Waals surface area (Å²) in [4.78, 5) is 23.2. The van der Waals surface area contributed by atoms with Crippen molar-refractivity contribution in [3.8, 4) is 0 Å². The molecule has 0 fully saturated rings. The summed E-state index contributed by atoms with van der Waals surface area (Å²) in [5.41, 5.74) is 0. The van der Waals surface area contributed by atoms with E-state index in [0.717, 1.165) is 57.8 Å². The Kier molecular flexibility index (Phi) is 35.1. The number of allylic oxidation sites excluding steroid dienone is 5. The zero-order valence-electron chi connectivity index (χ0n) is 29.9. The van der Waals surface area contributed by atoms with E-state index in [4.69, 9.17) is 9.84 Å². The van der Waals surface area contributed by atoms with Crippen molar-refractivity contribution in [2.75, 3.05) is 0 Å². The molecule has 0 saturated heterocycles. The number of hydrogen-bond donors (Lipinski definition) is 1. The molecule has 0 aromatic heterocycles. The zero-order valence-corrected chi connectivity index (χ0v) is 29.9. The number of carbonyl (C=O) groups is 2. The lowest BCUT2D eigenvalue weighted by Crippen LogP contribution is -2.16. The van der Waals surface area contributed by atoms with Crippen LogP contribution >= 0.6 is 0 Å². The van der Waals surface area contributed by atoms with Crippen LogP contribution in [-0.2, 0) is 14.3 Å². The highest BCUT2D eigenvalue weighted by molar-refractivity contribution is 5.69. The lowest BCUT2D eigenvalue weighted by atomic mass is 10.1. The van der Waals surface area contributed by atoms with Gasteiger partial charge in [0.2, 0.25) is 0 Å². The van der Waals surface area contributed by atoms with E-state index in [-0.39, 0.29) is 18.5 Å². The zero-order chi connectivity index (χ0) is 32.9. The molecule has 0 aliphatic rings. The summed E-state index contributed by atoms with van der Waals surface area (Å²) in [6, 6.07) is 0. The molecule has 1 atom stereocenters. The first-order valence-corrected chi connectivity index (χ1v) is 19.5. The highest BCUT2D eigenvalue weighted by atomic mass is 16.5. The predicted octanol–water partition coefficient (Wildman–Crippen LogP) is 13.4. The summed E-state index contributed by atoms with van der Waals surface area (Å²) in [6.45, 7) is 4.51. The van der Waals surface area contributed by atoms with E-state index in [9.17, 15) is 9.59 Å². The summed E-state index contributed by atoms with van der Waals surface area (Å²) in [5.74, 6) is -0.790. The third-order valence-electron chi connectivity index (χ3n) is 8.57. The number of unbranched alkanes of at least 4 members (excludes halogenated alkanes) is 22. The molecule has 0 aromatic rings. The first kappa shape index (κ1) is 43.2. The third kappa shape index (κ3) is 36.5. The van der Waals surface area contributed by atoms with Crippen molar-refractivity contribution in [2.24, 2.45) is 0 Å². The van der Waals surface area contributed by atoms with Crippen LogP contribution in [0.1, 0.15) is 206 Å². The number of aliphatic carboxylic acids is 1. The van der Waals surface area contributed by atoms with Gasteiger partial charge >= 0.3 is 11.9 Å². The average Bonchev–Trinajstić information content (AvgIpc) is 3.02. The summed E-state index contributed by atoms with van der Waals surface area (Å²) in [7, 11) is 0. The van der Waals surface area contributed by atoms with Gasteiger partial charge in [0, 0.05) is 12.8 Å². The molecule has 4 nitrogen and oxygen atoms in total. The maximum Gasteiger partial charge on any atom is 0.306 e. The Bertz CT molecular complexity index is 723. The lowest BCUT2D eigenvalue weighted by molar-refractivity contribution is -0.147. The van der Waals surface area contributed by atoms with Gasteiger partial charge in [0.05, 0.1) is 0 Å². The summed E-state index contributed by atoms with van der Waals surface area (Å²) in [5, 5.41) is 8.81. The average molecular weight is 631 g/mol. The molecule has 1 N–H and O–H groups in total. The molecule has 0 rings (SSSR count). The van der Waals surface area contributed by atoms with Crippen molar-refractivity contribution in [1.82, 2.24) is 0 Å². The Hall–Kier alpha value is -1.84. The van der Waals surface area contributed by atoms with Crippen LogP contribution in [0.5, 0.6) is 0 Å². The normalized spacial score (nSPS) is 12.6. The Morgan fingerprint density at radius 3 is 1.44 bits per heavy atom. The predicted molar refractivity (Wildman–Crippen MR) is 195 cm³/mol. The number of carboxylic acids is 1. The summed E-state index contributed by atoms with van der Waals surface area (Å²) in [6.07, 6.45) is 47.5. The molecule has 0 heterocycles. The van der Waals surface area contributed by atoms with Crippen molar-refractivity contribution in [3.63, 3.8) is 0 Å². The quantitative estimate of drug-likeness (QED) is 0.0430. The van der Waals surface area contributed by atoms with Crippen LogP contribution in [0, 0.1) is 0 Å². The Labute approximate surface area is 279 Å². The number of ether oxygens (including phenoxy) is 1. The Balaban J connectivity index is 3.85. The van der Waals surface area contributed by atoms with E-state index in [2.05, 4.69) is 50.3 Å². The molecule has 1 unspecified atom stereocenters. The fourth-order valence-corrected chi connectivity index (χ4v) is 5.65. The molecule has 262 valence electrons. The first-order valence-electron chi connectivity index (χ1n) is 19.5. The fraction of sp³-hybridized carbons (Fsp3) is 0.805. The van der Waals surface area contributed by atoms with E-state index in [1.54, 1.807) is 0 Å². The Morgan fingerprint density at radius 2 is 0.933 bits per heavy atom. The molecule has 0 saturated carbocycles. The van der Waals surface area contributed by atoms with Crippen LogP contribution in [0.4, 0.5) is 0 Å². The second-order valence-corrected chi connectivity index (χ2v) is 13.1. The molecule has 0 amide bonds. The summed E-state index contributed by atoms with van der Waals surface area (Å²) >= 11 is 0. The van der Waals surface area contributed by atoms with E-state index in [0.29, 0.717) is 6.42 Å². The summed E-state index contributed by atoms with van der Waals surface area (Å²) < 4.78 is 5.86. The molecule has 0 spiro atoms. The molecule has 0 aromatic carbocycles. The van der Waals surface area contributed by atoms with Gasteiger partial charge in [-0.1, -0.05) is 153 Å². The molecule has 0 bridgehead atoms. The largest absolute Gasteiger partial charge is 0.481 e. The minimum atomic E-state index is -0.722. The highest BCUT2D eigenvalue weighted by Gasteiger charge is 2.11. The van der Waals surface area contributed by atoms with E-state index in [1.165, 1.54) is 122 Å². The SMILES string of the molecule is CCCCCCC/C=C\C/C=C\CCCCCCCCCCCC(=O)OC(/C=C\CCCCCCC)CCCCCCC(=O)O. The van der Waals surface area contributed by atoms with Gasteiger partial charge in [-0.25, -0.2) is 0 Å². The van der Waals surface area contributed by atoms with E-state index < -0.39 is 5.97 Å².